The van der Waals surface area contributed by atoms with Crippen LogP contribution in [0.25, 0.3) is 0 Å². The second-order valence-corrected chi connectivity index (χ2v) is 7.48. The van der Waals surface area contributed by atoms with Gasteiger partial charge in [-0.25, -0.2) is 9.78 Å². The zero-order valence-corrected chi connectivity index (χ0v) is 13.6. The molecular weight excluding hydrogens is 306 g/mol. The Bertz CT molecular complexity index is 640. The summed E-state index contributed by atoms with van der Waals surface area (Å²) in [6.45, 7) is 5.99. The van der Waals surface area contributed by atoms with Crippen LogP contribution in [0.2, 0.25) is 0 Å². The number of hydrogen-bond acceptors (Lipinski definition) is 5. The van der Waals surface area contributed by atoms with E-state index in [2.05, 4.69) is 35.5 Å². The molecule has 0 fully saturated rings. The van der Waals surface area contributed by atoms with Crippen LogP contribution in [0.3, 0.4) is 0 Å². The van der Waals surface area contributed by atoms with Crippen LogP contribution < -0.4 is 10.6 Å². The number of aryl methyl sites for hydroxylation is 2. The molecule has 2 aromatic heterocycles. The van der Waals surface area contributed by atoms with Crippen molar-refractivity contribution >= 4 is 33.8 Å². The summed E-state index contributed by atoms with van der Waals surface area (Å²) < 4.78 is 5.38. The van der Waals surface area contributed by atoms with Crippen molar-refractivity contribution in [3.05, 3.63) is 32.0 Å². The first-order valence-corrected chi connectivity index (χ1v) is 8.42. The molecule has 0 saturated heterocycles. The smallest absolute Gasteiger partial charge is 0.321 e. The van der Waals surface area contributed by atoms with Gasteiger partial charge in [0.15, 0.2) is 5.13 Å². The Morgan fingerprint density at radius 2 is 2.29 bits per heavy atom. The Kier molecular flexibility index (Phi) is 4.23. The van der Waals surface area contributed by atoms with E-state index in [9.17, 15) is 4.79 Å². The normalized spacial score (nSPS) is 13.8. The maximum Gasteiger partial charge on any atom is 0.321 e. The molecule has 21 heavy (non-hydrogen) atoms. The van der Waals surface area contributed by atoms with E-state index in [1.807, 2.05) is 0 Å². The van der Waals surface area contributed by atoms with E-state index in [-0.39, 0.29) is 6.03 Å². The molecule has 0 bridgehead atoms. The van der Waals surface area contributed by atoms with Crippen LogP contribution >= 0.6 is 22.7 Å². The maximum atomic E-state index is 11.9. The van der Waals surface area contributed by atoms with Crippen LogP contribution in [0.4, 0.5) is 9.93 Å². The van der Waals surface area contributed by atoms with E-state index < -0.39 is 0 Å². The molecule has 0 saturated carbocycles. The summed E-state index contributed by atoms with van der Waals surface area (Å²) in [5.41, 5.74) is 2.21. The van der Waals surface area contributed by atoms with Gasteiger partial charge in [-0.05, 0) is 25.5 Å². The molecule has 3 heterocycles. The number of fused-ring (bicyclic) bond motifs is 1. The molecule has 7 heteroatoms. The third kappa shape index (κ3) is 3.42. The van der Waals surface area contributed by atoms with Crippen molar-refractivity contribution in [1.82, 2.24) is 10.3 Å². The SMILES string of the molecule is Cc1cc(CNC(=O)Nc2nc3c(s2)COCC3)c(C)s1. The highest BCUT2D eigenvalue weighted by Gasteiger charge is 2.16. The fourth-order valence-corrected chi connectivity index (χ4v) is 4.14. The molecule has 0 radical (unpaired) electrons. The number of urea groups is 1. The first-order valence-electron chi connectivity index (χ1n) is 6.79. The number of thiazole rings is 1. The van der Waals surface area contributed by atoms with Crippen LogP contribution in [-0.4, -0.2) is 17.6 Å². The van der Waals surface area contributed by atoms with Crippen molar-refractivity contribution in [3.63, 3.8) is 0 Å². The lowest BCUT2D eigenvalue weighted by Gasteiger charge is -2.08. The van der Waals surface area contributed by atoms with Crippen molar-refractivity contribution in [2.24, 2.45) is 0 Å². The molecule has 2 aromatic rings. The molecule has 0 aliphatic carbocycles. The van der Waals surface area contributed by atoms with Gasteiger partial charge >= 0.3 is 6.03 Å². The quantitative estimate of drug-likeness (QED) is 0.911. The summed E-state index contributed by atoms with van der Waals surface area (Å²) >= 11 is 3.23. The number of anilines is 1. The van der Waals surface area contributed by atoms with E-state index in [1.165, 1.54) is 26.7 Å². The number of carbonyl (C=O) groups is 1. The highest BCUT2D eigenvalue weighted by Crippen LogP contribution is 2.27. The lowest BCUT2D eigenvalue weighted by atomic mass is 10.2. The van der Waals surface area contributed by atoms with E-state index in [0.29, 0.717) is 24.9 Å². The highest BCUT2D eigenvalue weighted by molar-refractivity contribution is 7.15. The van der Waals surface area contributed by atoms with Gasteiger partial charge in [0, 0.05) is 22.7 Å². The number of carbonyl (C=O) groups excluding carboxylic acids is 1. The van der Waals surface area contributed by atoms with Gasteiger partial charge in [0.1, 0.15) is 0 Å². The minimum atomic E-state index is -0.217. The van der Waals surface area contributed by atoms with Crippen molar-refractivity contribution < 1.29 is 9.53 Å². The van der Waals surface area contributed by atoms with Crippen LogP contribution in [0, 0.1) is 13.8 Å². The molecule has 1 aliphatic heterocycles. The molecule has 2 N–H and O–H groups in total. The first-order chi connectivity index (χ1) is 10.1. The number of nitrogens with zero attached hydrogens (tertiary/aromatic N) is 1. The number of aromatic nitrogens is 1. The average Bonchev–Trinajstić information content (AvgIpc) is 2.98. The Labute approximate surface area is 131 Å². The minimum Gasteiger partial charge on any atom is -0.375 e. The zero-order chi connectivity index (χ0) is 14.8. The Balaban J connectivity index is 1.56. The van der Waals surface area contributed by atoms with Gasteiger partial charge in [-0.15, -0.1) is 11.3 Å². The van der Waals surface area contributed by atoms with Crippen molar-refractivity contribution in [2.45, 2.75) is 33.4 Å². The third-order valence-corrected chi connectivity index (χ3v) is 5.29. The number of ether oxygens (including phenoxy) is 1. The molecule has 0 aromatic carbocycles. The van der Waals surface area contributed by atoms with Gasteiger partial charge in [0.2, 0.25) is 0 Å². The standard InChI is InChI=1S/C14H17N3O2S2/c1-8-5-10(9(2)20-8)6-15-13(18)17-14-16-11-3-4-19-7-12(11)21-14/h5H,3-4,6-7H2,1-2H3,(H2,15,16,17,18). The lowest BCUT2D eigenvalue weighted by molar-refractivity contribution is 0.112. The summed E-state index contributed by atoms with van der Waals surface area (Å²) in [7, 11) is 0. The molecule has 1 aliphatic rings. The van der Waals surface area contributed by atoms with Gasteiger partial charge in [-0.3, -0.25) is 5.32 Å². The van der Waals surface area contributed by atoms with E-state index in [1.54, 1.807) is 11.3 Å². The van der Waals surface area contributed by atoms with E-state index in [0.717, 1.165) is 17.0 Å². The van der Waals surface area contributed by atoms with Gasteiger partial charge in [-0.1, -0.05) is 11.3 Å². The monoisotopic (exact) mass is 323 g/mol. The summed E-state index contributed by atoms with van der Waals surface area (Å²) in [5, 5.41) is 6.31. The Morgan fingerprint density at radius 1 is 1.43 bits per heavy atom. The lowest BCUT2D eigenvalue weighted by Crippen LogP contribution is -2.28. The molecule has 0 unspecified atom stereocenters. The van der Waals surface area contributed by atoms with Gasteiger partial charge in [0.05, 0.1) is 23.8 Å². The Morgan fingerprint density at radius 3 is 3.00 bits per heavy atom. The molecule has 3 rings (SSSR count). The number of thiophene rings is 1. The molecule has 0 spiro atoms. The van der Waals surface area contributed by atoms with Gasteiger partial charge < -0.3 is 10.1 Å². The largest absolute Gasteiger partial charge is 0.375 e. The second kappa shape index (κ2) is 6.13. The van der Waals surface area contributed by atoms with E-state index in [4.69, 9.17) is 4.74 Å². The first kappa shape index (κ1) is 14.5. The van der Waals surface area contributed by atoms with Crippen molar-refractivity contribution in [1.29, 1.82) is 0 Å². The van der Waals surface area contributed by atoms with Crippen molar-refractivity contribution in [3.8, 4) is 0 Å². The second-order valence-electron chi connectivity index (χ2n) is 4.94. The number of nitrogens with one attached hydrogen (secondary N) is 2. The van der Waals surface area contributed by atoms with Gasteiger partial charge in [-0.2, -0.15) is 0 Å². The number of hydrogen-bond donors (Lipinski definition) is 2. The van der Waals surface area contributed by atoms with E-state index >= 15 is 0 Å². The van der Waals surface area contributed by atoms with Crippen molar-refractivity contribution in [2.75, 3.05) is 11.9 Å². The van der Waals surface area contributed by atoms with Gasteiger partial charge in [0.25, 0.3) is 0 Å². The predicted octanol–water partition coefficient (Wildman–Crippen LogP) is 3.22. The average molecular weight is 323 g/mol. The fourth-order valence-electron chi connectivity index (χ4n) is 2.25. The molecular formula is C14H17N3O2S2. The molecule has 2 amide bonds. The fraction of sp³-hybridized carbons (Fsp3) is 0.429. The van der Waals surface area contributed by atoms with Crippen LogP contribution in [0.1, 0.15) is 25.9 Å². The molecule has 5 nitrogen and oxygen atoms in total. The third-order valence-electron chi connectivity index (χ3n) is 3.30. The topological polar surface area (TPSA) is 63.2 Å². The summed E-state index contributed by atoms with van der Waals surface area (Å²) in [6.07, 6.45) is 0.822. The molecule has 112 valence electrons. The summed E-state index contributed by atoms with van der Waals surface area (Å²) in [6, 6.07) is 1.89. The van der Waals surface area contributed by atoms with Crippen LogP contribution in [0.15, 0.2) is 6.07 Å². The van der Waals surface area contributed by atoms with Crippen LogP contribution in [0.5, 0.6) is 0 Å². The maximum absolute atomic E-state index is 11.9. The molecule has 0 atom stereocenters. The predicted molar refractivity (Wildman–Crippen MR) is 85.1 cm³/mol. The van der Waals surface area contributed by atoms with Crippen LogP contribution in [-0.2, 0) is 24.3 Å². The number of amides is 2. The summed E-state index contributed by atoms with van der Waals surface area (Å²) in [5.74, 6) is 0. The Hall–Kier alpha value is -1.44. The highest BCUT2D eigenvalue weighted by atomic mass is 32.1. The zero-order valence-electron chi connectivity index (χ0n) is 12.0. The minimum absolute atomic E-state index is 0.217. The number of rotatable bonds is 3. The summed E-state index contributed by atoms with van der Waals surface area (Å²) in [4.78, 5) is 20.0.